The Labute approximate surface area is 102 Å². The summed E-state index contributed by atoms with van der Waals surface area (Å²) in [5.41, 5.74) is 0.602. The minimum Gasteiger partial charge on any atom is -0.490 e. The van der Waals surface area contributed by atoms with Gasteiger partial charge < -0.3 is 14.8 Å². The Morgan fingerprint density at radius 3 is 2.71 bits per heavy atom. The largest absolute Gasteiger partial charge is 0.490 e. The number of hydrogen-bond acceptors (Lipinski definition) is 4. The number of ether oxygens (including phenoxy) is 2. The Balaban J connectivity index is 2.80. The molecule has 1 rings (SSSR count). The van der Waals surface area contributed by atoms with Gasteiger partial charge in [0.05, 0.1) is 18.2 Å². The van der Waals surface area contributed by atoms with Crippen LogP contribution in [0.2, 0.25) is 0 Å². The maximum Gasteiger partial charge on any atom is 0.183 e. The lowest BCUT2D eigenvalue weighted by Gasteiger charge is -2.13. The van der Waals surface area contributed by atoms with E-state index in [0.717, 1.165) is 0 Å². The molecule has 1 aromatic carbocycles. The highest BCUT2D eigenvalue weighted by Gasteiger charge is 2.17. The average Bonchev–Trinajstić information content (AvgIpc) is 2.38. The molecule has 0 radical (unpaired) electrons. The fourth-order valence-corrected chi connectivity index (χ4v) is 1.40. The summed E-state index contributed by atoms with van der Waals surface area (Å²) in [5, 5.41) is 2.93. The van der Waals surface area contributed by atoms with E-state index in [2.05, 4.69) is 5.32 Å². The molecule has 4 heteroatoms. The molecule has 0 amide bonds. The maximum atomic E-state index is 12.1. The number of rotatable bonds is 7. The van der Waals surface area contributed by atoms with E-state index < -0.39 is 0 Å². The van der Waals surface area contributed by atoms with Crippen LogP contribution in [-0.2, 0) is 4.74 Å². The second-order valence-corrected chi connectivity index (χ2v) is 3.71. The maximum absolute atomic E-state index is 12.1. The number of carbonyl (C=O) groups excluding carboxylic acids is 1. The zero-order valence-corrected chi connectivity index (χ0v) is 10.5. The van der Waals surface area contributed by atoms with Gasteiger partial charge >= 0.3 is 0 Å². The molecule has 0 aliphatic carbocycles. The molecule has 1 N–H and O–H groups in total. The van der Waals surface area contributed by atoms with Crippen LogP contribution in [0, 0.1) is 0 Å². The van der Waals surface area contributed by atoms with Gasteiger partial charge in [-0.2, -0.15) is 0 Å². The van der Waals surface area contributed by atoms with E-state index in [1.807, 2.05) is 19.1 Å². The number of likely N-dealkylation sites (N-methyl/N-ethyl adjacent to an activating group) is 1. The molecular weight excluding hydrogens is 218 g/mol. The number of benzene rings is 1. The first-order valence-corrected chi connectivity index (χ1v) is 5.63. The Morgan fingerprint density at radius 2 is 2.06 bits per heavy atom. The summed E-state index contributed by atoms with van der Waals surface area (Å²) in [7, 11) is 3.38. The predicted octanol–water partition coefficient (Wildman–Crippen LogP) is 1.50. The Hall–Kier alpha value is -1.39. The van der Waals surface area contributed by atoms with Crippen molar-refractivity contribution in [1.82, 2.24) is 5.32 Å². The standard InChI is InChI=1S/C13H19NO3/c1-10(14-2)13(15)11-6-4-5-7-12(11)17-9-8-16-3/h4-7,10,14H,8-9H2,1-3H3. The number of ketones is 1. The van der Waals surface area contributed by atoms with Gasteiger partial charge in [-0.1, -0.05) is 12.1 Å². The number of nitrogens with one attached hydrogen (secondary N) is 1. The van der Waals surface area contributed by atoms with E-state index in [4.69, 9.17) is 9.47 Å². The molecule has 0 bridgehead atoms. The first-order chi connectivity index (χ1) is 8.20. The van der Waals surface area contributed by atoms with Gasteiger partial charge in [-0.3, -0.25) is 4.79 Å². The summed E-state index contributed by atoms with van der Waals surface area (Å²) < 4.78 is 10.4. The summed E-state index contributed by atoms with van der Waals surface area (Å²) in [6, 6.07) is 7.04. The Kier molecular flexibility index (Phi) is 5.66. The third-order valence-electron chi connectivity index (χ3n) is 2.52. The van der Waals surface area contributed by atoms with Crippen LogP contribution in [0.5, 0.6) is 5.75 Å². The Bertz CT molecular complexity index is 365. The van der Waals surface area contributed by atoms with Crippen LogP contribution in [0.3, 0.4) is 0 Å². The van der Waals surface area contributed by atoms with Crippen molar-refractivity contribution in [2.24, 2.45) is 0 Å². The molecule has 1 aromatic rings. The van der Waals surface area contributed by atoms with Gasteiger partial charge in [-0.25, -0.2) is 0 Å². The zero-order chi connectivity index (χ0) is 12.7. The van der Waals surface area contributed by atoms with Gasteiger partial charge in [0.2, 0.25) is 0 Å². The van der Waals surface area contributed by atoms with Gasteiger partial charge in [0, 0.05) is 7.11 Å². The summed E-state index contributed by atoms with van der Waals surface area (Å²) >= 11 is 0. The summed E-state index contributed by atoms with van der Waals surface area (Å²) in [5.74, 6) is 0.636. The third-order valence-corrected chi connectivity index (χ3v) is 2.52. The highest BCUT2D eigenvalue weighted by molar-refractivity contribution is 6.02. The van der Waals surface area contributed by atoms with Crippen molar-refractivity contribution >= 4 is 5.78 Å². The lowest BCUT2D eigenvalue weighted by Crippen LogP contribution is -2.31. The molecular formula is C13H19NO3. The number of carbonyl (C=O) groups is 1. The van der Waals surface area contributed by atoms with Crippen molar-refractivity contribution in [2.75, 3.05) is 27.4 Å². The molecule has 17 heavy (non-hydrogen) atoms. The van der Waals surface area contributed by atoms with Crippen molar-refractivity contribution in [3.05, 3.63) is 29.8 Å². The van der Waals surface area contributed by atoms with E-state index >= 15 is 0 Å². The van der Waals surface area contributed by atoms with Crippen LogP contribution >= 0.6 is 0 Å². The van der Waals surface area contributed by atoms with E-state index in [1.165, 1.54) is 0 Å². The highest BCUT2D eigenvalue weighted by Crippen LogP contribution is 2.19. The van der Waals surface area contributed by atoms with Crippen LogP contribution in [0.1, 0.15) is 17.3 Å². The zero-order valence-electron chi connectivity index (χ0n) is 10.5. The first-order valence-electron chi connectivity index (χ1n) is 5.63. The number of Topliss-reactive ketones (excluding diaryl/α,β-unsaturated/α-hetero) is 1. The summed E-state index contributed by atoms with van der Waals surface area (Å²) in [6.45, 7) is 2.77. The quantitative estimate of drug-likeness (QED) is 0.576. The van der Waals surface area contributed by atoms with E-state index in [-0.39, 0.29) is 11.8 Å². The van der Waals surface area contributed by atoms with Gasteiger partial charge in [0.15, 0.2) is 5.78 Å². The minimum atomic E-state index is -0.220. The van der Waals surface area contributed by atoms with Gasteiger partial charge in [0.25, 0.3) is 0 Å². The molecule has 94 valence electrons. The number of hydrogen-bond donors (Lipinski definition) is 1. The Morgan fingerprint density at radius 1 is 1.35 bits per heavy atom. The van der Waals surface area contributed by atoms with E-state index in [9.17, 15) is 4.79 Å². The molecule has 0 fully saturated rings. The molecule has 0 aliphatic heterocycles. The minimum absolute atomic E-state index is 0.0283. The molecule has 0 saturated heterocycles. The van der Waals surface area contributed by atoms with Crippen LogP contribution < -0.4 is 10.1 Å². The van der Waals surface area contributed by atoms with Crippen LogP contribution in [0.25, 0.3) is 0 Å². The lowest BCUT2D eigenvalue weighted by atomic mass is 10.0. The molecule has 0 aromatic heterocycles. The molecule has 0 saturated carbocycles. The van der Waals surface area contributed by atoms with Crippen molar-refractivity contribution in [1.29, 1.82) is 0 Å². The first kappa shape index (κ1) is 13.7. The molecule has 1 unspecified atom stereocenters. The molecule has 0 aliphatic rings. The van der Waals surface area contributed by atoms with Crippen LogP contribution in [0.15, 0.2) is 24.3 Å². The van der Waals surface area contributed by atoms with Crippen molar-refractivity contribution in [3.63, 3.8) is 0 Å². The van der Waals surface area contributed by atoms with Crippen molar-refractivity contribution < 1.29 is 14.3 Å². The fraction of sp³-hybridized carbons (Fsp3) is 0.462. The predicted molar refractivity (Wildman–Crippen MR) is 66.7 cm³/mol. The van der Waals surface area contributed by atoms with Crippen molar-refractivity contribution in [2.45, 2.75) is 13.0 Å². The van der Waals surface area contributed by atoms with Crippen LogP contribution in [-0.4, -0.2) is 39.2 Å². The van der Waals surface area contributed by atoms with Gasteiger partial charge in [0.1, 0.15) is 12.4 Å². The topological polar surface area (TPSA) is 47.6 Å². The fourth-order valence-electron chi connectivity index (χ4n) is 1.40. The van der Waals surface area contributed by atoms with Crippen LogP contribution in [0.4, 0.5) is 0 Å². The summed E-state index contributed by atoms with van der Waals surface area (Å²) in [6.07, 6.45) is 0. The lowest BCUT2D eigenvalue weighted by molar-refractivity contribution is 0.0947. The smallest absolute Gasteiger partial charge is 0.183 e. The van der Waals surface area contributed by atoms with E-state index in [0.29, 0.717) is 24.5 Å². The third kappa shape index (κ3) is 3.84. The molecule has 1 atom stereocenters. The summed E-state index contributed by atoms with van der Waals surface area (Å²) in [4.78, 5) is 12.1. The molecule has 0 heterocycles. The van der Waals surface area contributed by atoms with Gasteiger partial charge in [-0.15, -0.1) is 0 Å². The SMILES string of the molecule is CNC(C)C(=O)c1ccccc1OCCOC. The normalized spacial score (nSPS) is 12.2. The highest BCUT2D eigenvalue weighted by atomic mass is 16.5. The number of para-hydroxylation sites is 1. The van der Waals surface area contributed by atoms with Gasteiger partial charge in [-0.05, 0) is 26.1 Å². The second-order valence-electron chi connectivity index (χ2n) is 3.71. The second kappa shape index (κ2) is 7.04. The average molecular weight is 237 g/mol. The number of methoxy groups -OCH3 is 1. The monoisotopic (exact) mass is 237 g/mol. The molecule has 0 spiro atoms. The van der Waals surface area contributed by atoms with Crippen molar-refractivity contribution in [3.8, 4) is 5.75 Å². The molecule has 4 nitrogen and oxygen atoms in total. The van der Waals surface area contributed by atoms with E-state index in [1.54, 1.807) is 26.3 Å².